The molecular weight excluding hydrogens is 276 g/mol. The molecule has 7 heteroatoms. The predicted molar refractivity (Wildman–Crippen MR) is 75.2 cm³/mol. The van der Waals surface area contributed by atoms with Crippen LogP contribution in [0.3, 0.4) is 0 Å². The second-order valence-corrected chi connectivity index (χ2v) is 5.62. The van der Waals surface area contributed by atoms with Crippen LogP contribution in [0.2, 0.25) is 0 Å². The zero-order valence-corrected chi connectivity index (χ0v) is 12.5. The number of urea groups is 1. The summed E-state index contributed by atoms with van der Waals surface area (Å²) >= 11 is 0. The lowest BCUT2D eigenvalue weighted by molar-refractivity contribution is -0.145. The van der Waals surface area contributed by atoms with Crippen molar-refractivity contribution < 1.29 is 24.2 Å². The maximum Gasteiger partial charge on any atom is 0.329 e. The van der Waals surface area contributed by atoms with E-state index in [4.69, 9.17) is 14.6 Å². The van der Waals surface area contributed by atoms with Gasteiger partial charge in [-0.05, 0) is 25.7 Å². The minimum atomic E-state index is -0.951. The van der Waals surface area contributed by atoms with Gasteiger partial charge in [-0.2, -0.15) is 0 Å². The SMILES string of the molecule is COC1CCCN(C(=O)N2CCC(OCC(=O)O)CC2)C1. The number of aliphatic carboxylic acids is 1. The minimum absolute atomic E-state index is 0.0572. The average molecular weight is 300 g/mol. The molecule has 120 valence electrons. The number of carbonyl (C=O) groups excluding carboxylic acids is 1. The van der Waals surface area contributed by atoms with E-state index in [-0.39, 0.29) is 24.8 Å². The molecule has 1 unspecified atom stereocenters. The van der Waals surface area contributed by atoms with Gasteiger partial charge in [0.1, 0.15) is 6.61 Å². The van der Waals surface area contributed by atoms with E-state index in [1.54, 1.807) is 7.11 Å². The van der Waals surface area contributed by atoms with E-state index in [0.29, 0.717) is 32.5 Å². The Kier molecular flexibility index (Phi) is 5.81. The van der Waals surface area contributed by atoms with Gasteiger partial charge in [0.05, 0.1) is 12.2 Å². The van der Waals surface area contributed by atoms with Crippen LogP contribution in [0.5, 0.6) is 0 Å². The molecule has 0 spiro atoms. The molecule has 21 heavy (non-hydrogen) atoms. The van der Waals surface area contributed by atoms with Crippen molar-refractivity contribution in [3.63, 3.8) is 0 Å². The average Bonchev–Trinajstić information content (AvgIpc) is 2.52. The van der Waals surface area contributed by atoms with Crippen molar-refractivity contribution in [3.8, 4) is 0 Å². The van der Waals surface area contributed by atoms with Gasteiger partial charge in [-0.15, -0.1) is 0 Å². The second-order valence-electron chi connectivity index (χ2n) is 5.62. The molecule has 0 aromatic carbocycles. The molecule has 0 aromatic rings. The summed E-state index contributed by atoms with van der Waals surface area (Å²) in [5, 5.41) is 8.59. The summed E-state index contributed by atoms with van der Waals surface area (Å²) in [5.74, 6) is -0.951. The van der Waals surface area contributed by atoms with Gasteiger partial charge in [0.15, 0.2) is 0 Å². The number of likely N-dealkylation sites (tertiary alicyclic amines) is 2. The second kappa shape index (κ2) is 7.61. The van der Waals surface area contributed by atoms with Gasteiger partial charge >= 0.3 is 12.0 Å². The van der Waals surface area contributed by atoms with Crippen LogP contribution in [-0.2, 0) is 14.3 Å². The first-order valence-corrected chi connectivity index (χ1v) is 7.50. The van der Waals surface area contributed by atoms with Crippen LogP contribution in [0.25, 0.3) is 0 Å². The van der Waals surface area contributed by atoms with Crippen molar-refractivity contribution in [1.29, 1.82) is 0 Å². The smallest absolute Gasteiger partial charge is 0.329 e. The van der Waals surface area contributed by atoms with Crippen LogP contribution in [-0.4, -0.2) is 79.0 Å². The Hall–Kier alpha value is -1.34. The lowest BCUT2D eigenvalue weighted by Gasteiger charge is -2.38. The van der Waals surface area contributed by atoms with Crippen LogP contribution in [0.1, 0.15) is 25.7 Å². The molecule has 2 aliphatic rings. The summed E-state index contributed by atoms with van der Waals surface area (Å²) in [6.45, 7) is 2.42. The number of piperidine rings is 2. The molecular formula is C14H24N2O5. The summed E-state index contributed by atoms with van der Waals surface area (Å²) in [5.41, 5.74) is 0. The number of methoxy groups -OCH3 is 1. The van der Waals surface area contributed by atoms with E-state index in [0.717, 1.165) is 19.4 Å². The molecule has 2 fully saturated rings. The van der Waals surface area contributed by atoms with Crippen molar-refractivity contribution >= 4 is 12.0 Å². The Morgan fingerprint density at radius 3 is 2.43 bits per heavy atom. The minimum Gasteiger partial charge on any atom is -0.480 e. The number of carboxylic acid groups (broad SMARTS) is 1. The highest BCUT2D eigenvalue weighted by Crippen LogP contribution is 2.18. The maximum atomic E-state index is 12.4. The third kappa shape index (κ3) is 4.57. The third-order valence-electron chi connectivity index (χ3n) is 4.14. The Bertz CT molecular complexity index is 368. The predicted octanol–water partition coefficient (Wildman–Crippen LogP) is 0.783. The number of nitrogens with zero attached hydrogens (tertiary/aromatic N) is 2. The van der Waals surface area contributed by atoms with Crippen LogP contribution in [0, 0.1) is 0 Å². The molecule has 2 heterocycles. The highest BCUT2D eigenvalue weighted by Gasteiger charge is 2.30. The van der Waals surface area contributed by atoms with Gasteiger partial charge in [-0.3, -0.25) is 0 Å². The highest BCUT2D eigenvalue weighted by atomic mass is 16.5. The van der Waals surface area contributed by atoms with Crippen LogP contribution >= 0.6 is 0 Å². The number of ether oxygens (including phenoxy) is 2. The fourth-order valence-corrected chi connectivity index (χ4v) is 2.91. The van der Waals surface area contributed by atoms with Crippen molar-refractivity contribution in [1.82, 2.24) is 9.80 Å². The Labute approximate surface area is 124 Å². The number of carbonyl (C=O) groups is 2. The topological polar surface area (TPSA) is 79.3 Å². The number of carboxylic acids is 1. The summed E-state index contributed by atoms with van der Waals surface area (Å²) < 4.78 is 10.6. The quantitative estimate of drug-likeness (QED) is 0.830. The van der Waals surface area contributed by atoms with Crippen molar-refractivity contribution in [3.05, 3.63) is 0 Å². The first-order chi connectivity index (χ1) is 10.1. The number of hydrogen-bond acceptors (Lipinski definition) is 4. The van der Waals surface area contributed by atoms with Crippen LogP contribution in [0.4, 0.5) is 4.79 Å². The molecule has 0 aromatic heterocycles. The van der Waals surface area contributed by atoms with Crippen molar-refractivity contribution in [2.75, 3.05) is 39.9 Å². The Balaban J connectivity index is 1.76. The normalized spacial score (nSPS) is 24.1. The fourth-order valence-electron chi connectivity index (χ4n) is 2.91. The van der Waals surface area contributed by atoms with Gasteiger partial charge in [-0.25, -0.2) is 9.59 Å². The van der Waals surface area contributed by atoms with Crippen molar-refractivity contribution in [2.45, 2.75) is 37.9 Å². The zero-order chi connectivity index (χ0) is 15.2. The standard InChI is InChI=1S/C14H24N2O5/c1-20-12-3-2-6-16(9-12)14(19)15-7-4-11(5-8-15)21-10-13(17)18/h11-12H,2-10H2,1H3,(H,17,18). The van der Waals surface area contributed by atoms with Gasteiger partial charge in [-0.1, -0.05) is 0 Å². The molecule has 1 N–H and O–H groups in total. The lowest BCUT2D eigenvalue weighted by Crippen LogP contribution is -2.51. The van der Waals surface area contributed by atoms with E-state index in [1.165, 1.54) is 0 Å². The molecule has 1 atom stereocenters. The highest BCUT2D eigenvalue weighted by molar-refractivity contribution is 5.74. The molecule has 0 aliphatic carbocycles. The number of hydrogen-bond donors (Lipinski definition) is 1. The molecule has 2 amide bonds. The lowest BCUT2D eigenvalue weighted by atomic mass is 10.1. The van der Waals surface area contributed by atoms with Crippen LogP contribution in [0.15, 0.2) is 0 Å². The van der Waals surface area contributed by atoms with Crippen LogP contribution < -0.4 is 0 Å². The number of amides is 2. The maximum absolute atomic E-state index is 12.4. The largest absolute Gasteiger partial charge is 0.480 e. The molecule has 0 saturated carbocycles. The summed E-state index contributed by atoms with van der Waals surface area (Å²) in [7, 11) is 1.68. The van der Waals surface area contributed by atoms with E-state index < -0.39 is 5.97 Å². The van der Waals surface area contributed by atoms with Crippen molar-refractivity contribution in [2.24, 2.45) is 0 Å². The van der Waals surface area contributed by atoms with Gasteiger partial charge in [0.2, 0.25) is 0 Å². The Morgan fingerprint density at radius 2 is 1.81 bits per heavy atom. The molecule has 0 radical (unpaired) electrons. The molecule has 7 nitrogen and oxygen atoms in total. The molecule has 2 rings (SSSR count). The van der Waals surface area contributed by atoms with Gasteiger partial charge in [0, 0.05) is 33.3 Å². The number of rotatable bonds is 4. The Morgan fingerprint density at radius 1 is 1.10 bits per heavy atom. The third-order valence-corrected chi connectivity index (χ3v) is 4.14. The summed E-state index contributed by atoms with van der Waals surface area (Å²) in [4.78, 5) is 26.6. The molecule has 0 bridgehead atoms. The van der Waals surface area contributed by atoms with E-state index in [2.05, 4.69) is 0 Å². The monoisotopic (exact) mass is 300 g/mol. The van der Waals surface area contributed by atoms with Gasteiger partial charge < -0.3 is 24.4 Å². The molecule has 2 aliphatic heterocycles. The van der Waals surface area contributed by atoms with Gasteiger partial charge in [0.25, 0.3) is 0 Å². The molecule has 2 saturated heterocycles. The van der Waals surface area contributed by atoms with E-state index >= 15 is 0 Å². The first kappa shape index (κ1) is 16.0. The summed E-state index contributed by atoms with van der Waals surface area (Å²) in [6.07, 6.45) is 3.45. The summed E-state index contributed by atoms with van der Waals surface area (Å²) in [6, 6.07) is 0.0634. The van der Waals surface area contributed by atoms with E-state index in [1.807, 2.05) is 9.80 Å². The van der Waals surface area contributed by atoms with E-state index in [9.17, 15) is 9.59 Å². The fraction of sp³-hybridized carbons (Fsp3) is 0.857. The zero-order valence-electron chi connectivity index (χ0n) is 12.5. The first-order valence-electron chi connectivity index (χ1n) is 7.50.